The minimum absolute atomic E-state index is 0.651. The Morgan fingerprint density at radius 3 is 2.33 bits per heavy atom. The number of benzene rings is 3. The van der Waals surface area contributed by atoms with Crippen molar-refractivity contribution in [2.24, 2.45) is 0 Å². The van der Waals surface area contributed by atoms with Gasteiger partial charge in [0.1, 0.15) is 0 Å². The molecule has 0 bridgehead atoms. The molecular formula is C32H29N. The summed E-state index contributed by atoms with van der Waals surface area (Å²) in [6.45, 7) is 3.93. The van der Waals surface area contributed by atoms with Gasteiger partial charge >= 0.3 is 0 Å². The van der Waals surface area contributed by atoms with E-state index < -0.39 is 0 Å². The van der Waals surface area contributed by atoms with Crippen LogP contribution in [0, 0.1) is 0 Å². The van der Waals surface area contributed by atoms with E-state index in [9.17, 15) is 0 Å². The van der Waals surface area contributed by atoms with Crippen LogP contribution in [0.5, 0.6) is 0 Å². The highest BCUT2D eigenvalue weighted by molar-refractivity contribution is 5.74. The van der Waals surface area contributed by atoms with E-state index in [2.05, 4.69) is 78.3 Å². The normalized spacial score (nSPS) is 15.3. The standard InChI is InChI=1S/C21H20.C11H9N/c1-2-6-15-8-5-10-19-18(15)13-14-20-17-9-4-3-7-16(17)11-12-21(19)20;1-2-4-10(5-3-1)11-6-8-12-9-7-11/h2-4,7,9-10,12-15H,1,5-6,8,11H2;1-9H. The van der Waals surface area contributed by atoms with Crippen LogP contribution in [0.15, 0.2) is 104 Å². The van der Waals surface area contributed by atoms with Gasteiger partial charge in [-0.15, -0.1) is 6.58 Å². The van der Waals surface area contributed by atoms with Crippen molar-refractivity contribution in [3.05, 3.63) is 125 Å². The van der Waals surface area contributed by atoms with E-state index in [-0.39, 0.29) is 0 Å². The molecule has 6 rings (SSSR count). The molecule has 33 heavy (non-hydrogen) atoms. The Kier molecular flexibility index (Phi) is 6.30. The lowest BCUT2D eigenvalue weighted by Crippen LogP contribution is -2.35. The van der Waals surface area contributed by atoms with Gasteiger partial charge in [-0.2, -0.15) is 0 Å². The molecule has 0 amide bonds. The number of nitrogens with zero attached hydrogens (tertiary/aromatic N) is 1. The van der Waals surface area contributed by atoms with Crippen molar-refractivity contribution in [3.8, 4) is 22.3 Å². The van der Waals surface area contributed by atoms with Crippen molar-refractivity contribution in [3.63, 3.8) is 0 Å². The van der Waals surface area contributed by atoms with Gasteiger partial charge in [0.05, 0.1) is 0 Å². The number of fused-ring (bicyclic) bond motifs is 5. The van der Waals surface area contributed by atoms with E-state index in [4.69, 9.17) is 0 Å². The van der Waals surface area contributed by atoms with Crippen LogP contribution < -0.4 is 10.4 Å². The first-order valence-corrected chi connectivity index (χ1v) is 11.8. The highest BCUT2D eigenvalue weighted by atomic mass is 14.6. The van der Waals surface area contributed by atoms with E-state index in [0.717, 1.165) is 12.8 Å². The summed E-state index contributed by atoms with van der Waals surface area (Å²) in [5.74, 6) is 0.651. The first-order chi connectivity index (χ1) is 16.3. The third-order valence-corrected chi connectivity index (χ3v) is 6.70. The van der Waals surface area contributed by atoms with Crippen LogP contribution in [-0.2, 0) is 6.42 Å². The summed E-state index contributed by atoms with van der Waals surface area (Å²) < 4.78 is 0. The lowest BCUT2D eigenvalue weighted by Gasteiger charge is -2.23. The predicted octanol–water partition coefficient (Wildman–Crippen LogP) is 6.67. The molecule has 1 heterocycles. The molecule has 0 aliphatic heterocycles. The smallest absolute Gasteiger partial charge is 0.0273 e. The van der Waals surface area contributed by atoms with Crippen LogP contribution in [0.3, 0.4) is 0 Å². The molecule has 0 spiro atoms. The first kappa shape index (κ1) is 21.2. The lowest BCUT2D eigenvalue weighted by atomic mass is 9.81. The zero-order valence-corrected chi connectivity index (χ0v) is 19.0. The zero-order valence-electron chi connectivity index (χ0n) is 19.0. The Morgan fingerprint density at radius 2 is 1.52 bits per heavy atom. The molecule has 2 aliphatic rings. The molecule has 0 saturated carbocycles. The molecule has 1 aromatic heterocycles. The molecule has 1 heteroatoms. The fourth-order valence-electron chi connectivity index (χ4n) is 5.07. The minimum atomic E-state index is 0.651. The maximum absolute atomic E-state index is 3.97. The molecular weight excluding hydrogens is 398 g/mol. The van der Waals surface area contributed by atoms with E-state index in [1.807, 2.05) is 42.7 Å². The summed E-state index contributed by atoms with van der Waals surface area (Å²) in [5, 5.41) is 2.94. The Labute approximate surface area is 196 Å². The summed E-state index contributed by atoms with van der Waals surface area (Å²) in [6.07, 6.45) is 15.1. The summed E-state index contributed by atoms with van der Waals surface area (Å²) in [6, 6.07) is 27.8. The third-order valence-electron chi connectivity index (χ3n) is 6.70. The van der Waals surface area contributed by atoms with E-state index in [1.165, 1.54) is 56.7 Å². The molecule has 1 atom stereocenters. The molecule has 3 aromatic carbocycles. The van der Waals surface area contributed by atoms with Crippen molar-refractivity contribution in [1.82, 2.24) is 4.98 Å². The largest absolute Gasteiger partial charge is 0.265 e. The van der Waals surface area contributed by atoms with Crippen LogP contribution >= 0.6 is 0 Å². The zero-order chi connectivity index (χ0) is 22.5. The Morgan fingerprint density at radius 1 is 0.758 bits per heavy atom. The van der Waals surface area contributed by atoms with Gasteiger partial charge in [0.2, 0.25) is 0 Å². The molecule has 2 aliphatic carbocycles. The topological polar surface area (TPSA) is 12.9 Å². The maximum Gasteiger partial charge on any atom is 0.0273 e. The summed E-state index contributed by atoms with van der Waals surface area (Å²) in [4.78, 5) is 3.97. The van der Waals surface area contributed by atoms with Crippen LogP contribution in [0.1, 0.15) is 36.3 Å². The van der Waals surface area contributed by atoms with Crippen LogP contribution in [-0.4, -0.2) is 4.98 Å². The summed E-state index contributed by atoms with van der Waals surface area (Å²) >= 11 is 0. The summed E-state index contributed by atoms with van der Waals surface area (Å²) in [7, 11) is 0. The average molecular weight is 428 g/mol. The highest BCUT2D eigenvalue weighted by Crippen LogP contribution is 2.29. The van der Waals surface area contributed by atoms with Crippen LogP contribution in [0.4, 0.5) is 0 Å². The van der Waals surface area contributed by atoms with Gasteiger partial charge in [-0.25, -0.2) is 0 Å². The van der Waals surface area contributed by atoms with Crippen molar-refractivity contribution in [2.45, 2.75) is 31.6 Å². The van der Waals surface area contributed by atoms with Gasteiger partial charge < -0.3 is 0 Å². The van der Waals surface area contributed by atoms with Gasteiger partial charge in [0, 0.05) is 12.4 Å². The fraction of sp³-hybridized carbons (Fsp3) is 0.156. The quantitative estimate of drug-likeness (QED) is 0.333. The van der Waals surface area contributed by atoms with E-state index in [0.29, 0.717) is 5.92 Å². The Bertz CT molecular complexity index is 1330. The number of aromatic nitrogens is 1. The molecule has 1 nitrogen and oxygen atoms in total. The number of hydrogen-bond donors (Lipinski definition) is 0. The number of rotatable bonds is 3. The van der Waals surface area contributed by atoms with Crippen LogP contribution in [0.2, 0.25) is 0 Å². The summed E-state index contributed by atoms with van der Waals surface area (Å²) in [5.41, 5.74) is 8.24. The molecule has 1 unspecified atom stereocenters. The van der Waals surface area contributed by atoms with Crippen molar-refractivity contribution < 1.29 is 0 Å². The van der Waals surface area contributed by atoms with Gasteiger partial charge in [-0.3, -0.25) is 4.98 Å². The monoisotopic (exact) mass is 427 g/mol. The van der Waals surface area contributed by atoms with Crippen molar-refractivity contribution in [2.75, 3.05) is 0 Å². The van der Waals surface area contributed by atoms with Crippen molar-refractivity contribution in [1.29, 1.82) is 0 Å². The highest BCUT2D eigenvalue weighted by Gasteiger charge is 2.18. The molecule has 0 N–H and O–H groups in total. The minimum Gasteiger partial charge on any atom is -0.265 e. The molecule has 0 radical (unpaired) electrons. The average Bonchev–Trinajstić information content (AvgIpc) is 2.90. The predicted molar refractivity (Wildman–Crippen MR) is 140 cm³/mol. The van der Waals surface area contributed by atoms with Crippen molar-refractivity contribution >= 4 is 12.2 Å². The molecule has 0 saturated heterocycles. The maximum atomic E-state index is 3.97. The Hall–Kier alpha value is -3.71. The van der Waals surface area contributed by atoms with Gasteiger partial charge in [0.25, 0.3) is 0 Å². The second-order valence-corrected chi connectivity index (χ2v) is 8.70. The van der Waals surface area contributed by atoms with E-state index in [1.54, 1.807) is 0 Å². The molecule has 4 aromatic rings. The second kappa shape index (κ2) is 9.83. The lowest BCUT2D eigenvalue weighted by molar-refractivity contribution is 0.633. The second-order valence-electron chi connectivity index (χ2n) is 8.70. The number of allylic oxidation sites excluding steroid dienone is 1. The van der Waals surface area contributed by atoms with Gasteiger partial charge in [-0.05, 0) is 87.6 Å². The molecule has 0 fully saturated rings. The number of hydrogen-bond acceptors (Lipinski definition) is 1. The van der Waals surface area contributed by atoms with Crippen LogP contribution in [0.25, 0.3) is 34.4 Å². The Balaban J connectivity index is 0.000000162. The number of pyridine rings is 1. The fourth-order valence-corrected chi connectivity index (χ4v) is 5.07. The molecule has 162 valence electrons. The SMILES string of the molecule is C=CCC1CCC=c2c1ccc1c2=CCc2ccccc2-1.c1ccc(-c2ccncc2)cc1. The third kappa shape index (κ3) is 4.45. The first-order valence-electron chi connectivity index (χ1n) is 11.8. The van der Waals surface area contributed by atoms with Gasteiger partial charge in [-0.1, -0.05) is 85.0 Å². The van der Waals surface area contributed by atoms with Gasteiger partial charge in [0.15, 0.2) is 0 Å². The van der Waals surface area contributed by atoms with E-state index >= 15 is 0 Å².